The molecule has 0 unspecified atom stereocenters. The van der Waals surface area contributed by atoms with E-state index in [4.69, 9.17) is 16.7 Å². The minimum Gasteiger partial charge on any atom is -0.504 e. The summed E-state index contributed by atoms with van der Waals surface area (Å²) in [5, 5.41) is 21.4. The number of carbonyl (C=O) groups excluding carboxylic acids is 1. The summed E-state index contributed by atoms with van der Waals surface area (Å²) in [4.78, 5) is 23.1. The molecule has 19 heavy (non-hydrogen) atoms. The van der Waals surface area contributed by atoms with Crippen molar-refractivity contribution in [1.82, 2.24) is 0 Å². The fourth-order valence-corrected chi connectivity index (χ4v) is 2.59. The van der Waals surface area contributed by atoms with Crippen molar-refractivity contribution in [3.8, 4) is 5.75 Å². The lowest BCUT2D eigenvalue weighted by atomic mass is 10.1. The van der Waals surface area contributed by atoms with E-state index >= 15 is 0 Å². The maximum Gasteiger partial charge on any atom is 0.307 e. The fourth-order valence-electron chi connectivity index (χ4n) is 2.41. The summed E-state index contributed by atoms with van der Waals surface area (Å²) in [5.41, 5.74) is -0.395. The Hall–Kier alpha value is -1.75. The highest BCUT2D eigenvalue weighted by Gasteiger charge is 2.65. The van der Waals surface area contributed by atoms with E-state index in [-0.39, 0.29) is 16.5 Å². The quantitative estimate of drug-likeness (QED) is 0.743. The van der Waals surface area contributed by atoms with E-state index < -0.39 is 29.1 Å². The van der Waals surface area contributed by atoms with Gasteiger partial charge in [0.2, 0.25) is 5.91 Å². The Bertz CT molecular complexity index is 556. The van der Waals surface area contributed by atoms with Crippen LogP contribution in [0.2, 0.25) is 5.02 Å². The zero-order chi connectivity index (χ0) is 14.4. The lowest BCUT2D eigenvalue weighted by Gasteiger charge is -2.08. The van der Waals surface area contributed by atoms with Crippen molar-refractivity contribution in [3.05, 3.63) is 23.2 Å². The number of halogens is 1. The molecule has 0 radical (unpaired) electrons. The van der Waals surface area contributed by atoms with E-state index in [1.54, 1.807) is 19.9 Å². The minimum atomic E-state index is -0.986. The number of phenols is 1. The van der Waals surface area contributed by atoms with Crippen LogP contribution in [0.5, 0.6) is 5.75 Å². The second kappa shape index (κ2) is 4.42. The van der Waals surface area contributed by atoms with Crippen LogP contribution in [0.3, 0.4) is 0 Å². The van der Waals surface area contributed by atoms with Gasteiger partial charge in [-0.3, -0.25) is 9.59 Å². The van der Waals surface area contributed by atoms with Crippen LogP contribution in [-0.4, -0.2) is 22.1 Å². The Morgan fingerprint density at radius 3 is 2.47 bits per heavy atom. The van der Waals surface area contributed by atoms with Gasteiger partial charge in [-0.1, -0.05) is 31.5 Å². The monoisotopic (exact) mass is 283 g/mol. The van der Waals surface area contributed by atoms with Crippen molar-refractivity contribution < 1.29 is 19.8 Å². The average molecular weight is 284 g/mol. The zero-order valence-corrected chi connectivity index (χ0v) is 11.2. The molecule has 1 saturated carbocycles. The highest BCUT2D eigenvalue weighted by atomic mass is 35.5. The lowest BCUT2D eigenvalue weighted by Crippen LogP contribution is -2.17. The number of benzene rings is 1. The second-order valence-electron chi connectivity index (χ2n) is 5.24. The molecule has 0 aromatic heterocycles. The Kier molecular flexibility index (Phi) is 3.18. The van der Waals surface area contributed by atoms with E-state index in [2.05, 4.69) is 5.32 Å². The first kappa shape index (κ1) is 13.7. The van der Waals surface area contributed by atoms with Crippen LogP contribution in [-0.2, 0) is 9.59 Å². The number of hydrogen-bond acceptors (Lipinski definition) is 3. The Morgan fingerprint density at radius 1 is 1.32 bits per heavy atom. The van der Waals surface area contributed by atoms with Crippen LogP contribution in [0.15, 0.2) is 18.2 Å². The molecule has 1 aromatic carbocycles. The topological polar surface area (TPSA) is 86.6 Å². The highest BCUT2D eigenvalue weighted by Crippen LogP contribution is 2.58. The number of phenolic OH excluding ortho intramolecular Hbond substituents is 1. The van der Waals surface area contributed by atoms with Crippen molar-refractivity contribution in [2.75, 3.05) is 5.32 Å². The summed E-state index contributed by atoms with van der Waals surface area (Å²) < 4.78 is 0. The van der Waals surface area contributed by atoms with Crippen LogP contribution in [0.25, 0.3) is 0 Å². The Balaban J connectivity index is 2.15. The molecule has 0 spiro atoms. The predicted octanol–water partition coefficient (Wildman–Crippen LogP) is 2.34. The standard InChI is InChI=1S/C13H14ClNO4/c1-13(2)8(9(13)12(18)19)11(17)15-7-5-3-4-6(14)10(7)16/h3-5,8-9,16H,1-2H3,(H,15,17)(H,18,19)/t8-,9+/m1/s1. The SMILES string of the molecule is CC1(C)[C@H](C(=O)O)[C@@H]1C(=O)Nc1cccc(Cl)c1O. The molecule has 5 nitrogen and oxygen atoms in total. The molecule has 0 saturated heterocycles. The first-order valence-corrected chi connectivity index (χ1v) is 6.15. The molecule has 0 heterocycles. The number of para-hydroxylation sites is 1. The molecule has 3 N–H and O–H groups in total. The number of carbonyl (C=O) groups is 2. The third-order valence-electron chi connectivity index (χ3n) is 3.62. The maximum atomic E-state index is 12.0. The molecule has 0 aliphatic heterocycles. The lowest BCUT2D eigenvalue weighted by molar-refractivity contribution is -0.140. The average Bonchev–Trinajstić information content (AvgIpc) is 2.88. The summed E-state index contributed by atoms with van der Waals surface area (Å²) >= 11 is 5.73. The van der Waals surface area contributed by atoms with Gasteiger partial charge in [-0.25, -0.2) is 0 Å². The van der Waals surface area contributed by atoms with Gasteiger partial charge in [0, 0.05) is 0 Å². The van der Waals surface area contributed by atoms with Crippen molar-refractivity contribution in [2.24, 2.45) is 17.3 Å². The van der Waals surface area contributed by atoms with Crippen molar-refractivity contribution in [2.45, 2.75) is 13.8 Å². The Labute approximate surface area is 115 Å². The van der Waals surface area contributed by atoms with E-state index in [1.165, 1.54) is 12.1 Å². The van der Waals surface area contributed by atoms with Gasteiger partial charge in [-0.2, -0.15) is 0 Å². The van der Waals surface area contributed by atoms with Crippen molar-refractivity contribution in [3.63, 3.8) is 0 Å². The molecule has 1 aliphatic carbocycles. The number of carboxylic acid groups (broad SMARTS) is 1. The van der Waals surface area contributed by atoms with E-state index in [9.17, 15) is 14.7 Å². The molecule has 1 fully saturated rings. The summed E-state index contributed by atoms with van der Waals surface area (Å²) in [6, 6.07) is 4.59. The maximum absolute atomic E-state index is 12.0. The number of carboxylic acids is 1. The molecular weight excluding hydrogens is 270 g/mol. The first-order valence-electron chi connectivity index (χ1n) is 5.78. The van der Waals surface area contributed by atoms with E-state index in [0.717, 1.165) is 0 Å². The summed E-state index contributed by atoms with van der Waals surface area (Å²) in [6.07, 6.45) is 0. The summed E-state index contributed by atoms with van der Waals surface area (Å²) in [7, 11) is 0. The number of amides is 1. The van der Waals surface area contributed by atoms with Gasteiger partial charge in [0.25, 0.3) is 0 Å². The van der Waals surface area contributed by atoms with Gasteiger partial charge in [0.15, 0.2) is 5.75 Å². The third kappa shape index (κ3) is 2.26. The van der Waals surface area contributed by atoms with Crippen molar-refractivity contribution in [1.29, 1.82) is 0 Å². The number of nitrogens with one attached hydrogen (secondary N) is 1. The molecule has 1 amide bonds. The molecule has 2 rings (SSSR count). The fraction of sp³-hybridized carbons (Fsp3) is 0.385. The number of hydrogen-bond donors (Lipinski definition) is 3. The van der Waals surface area contributed by atoms with Gasteiger partial charge in [-0.15, -0.1) is 0 Å². The largest absolute Gasteiger partial charge is 0.504 e. The number of anilines is 1. The first-order chi connectivity index (χ1) is 8.76. The highest BCUT2D eigenvalue weighted by molar-refractivity contribution is 6.32. The second-order valence-corrected chi connectivity index (χ2v) is 5.65. The summed E-state index contributed by atoms with van der Waals surface area (Å²) in [6.45, 7) is 3.46. The normalized spacial score (nSPS) is 23.7. The van der Waals surface area contributed by atoms with Gasteiger partial charge in [0.1, 0.15) is 0 Å². The molecule has 6 heteroatoms. The number of aliphatic carboxylic acids is 1. The van der Waals surface area contributed by atoms with E-state index in [0.29, 0.717) is 0 Å². The molecule has 0 bridgehead atoms. The molecule has 2 atom stereocenters. The molecule has 1 aliphatic rings. The minimum absolute atomic E-state index is 0.127. The van der Waals surface area contributed by atoms with Gasteiger partial charge in [-0.05, 0) is 17.5 Å². The summed E-state index contributed by atoms with van der Waals surface area (Å²) in [5.74, 6) is -2.93. The van der Waals surface area contributed by atoms with Gasteiger partial charge >= 0.3 is 5.97 Å². The van der Waals surface area contributed by atoms with Crippen LogP contribution in [0, 0.1) is 17.3 Å². The van der Waals surface area contributed by atoms with Crippen LogP contribution < -0.4 is 5.32 Å². The van der Waals surface area contributed by atoms with Gasteiger partial charge < -0.3 is 15.5 Å². The smallest absolute Gasteiger partial charge is 0.307 e. The predicted molar refractivity (Wildman–Crippen MR) is 70.1 cm³/mol. The third-order valence-corrected chi connectivity index (χ3v) is 3.93. The van der Waals surface area contributed by atoms with E-state index in [1.807, 2.05) is 0 Å². The van der Waals surface area contributed by atoms with Crippen LogP contribution in [0.4, 0.5) is 5.69 Å². The number of aromatic hydroxyl groups is 1. The molecule has 1 aromatic rings. The van der Waals surface area contributed by atoms with Gasteiger partial charge in [0.05, 0.1) is 22.5 Å². The Morgan fingerprint density at radius 2 is 1.95 bits per heavy atom. The molecular formula is C13H14ClNO4. The molecule has 102 valence electrons. The van der Waals surface area contributed by atoms with Crippen molar-refractivity contribution >= 4 is 29.2 Å². The van der Waals surface area contributed by atoms with Crippen LogP contribution >= 0.6 is 11.6 Å². The number of rotatable bonds is 3. The van der Waals surface area contributed by atoms with Crippen LogP contribution in [0.1, 0.15) is 13.8 Å². The zero-order valence-electron chi connectivity index (χ0n) is 10.5.